The molecule has 1 fully saturated rings. The van der Waals surface area contributed by atoms with Crippen molar-refractivity contribution in [2.75, 3.05) is 18.5 Å². The van der Waals surface area contributed by atoms with Gasteiger partial charge >= 0.3 is 0 Å². The molecule has 0 aromatic heterocycles. The van der Waals surface area contributed by atoms with Crippen LogP contribution in [0.15, 0.2) is 24.3 Å². The highest BCUT2D eigenvalue weighted by Gasteiger charge is 2.28. The molecule has 16 heavy (non-hydrogen) atoms. The van der Waals surface area contributed by atoms with Gasteiger partial charge in [-0.2, -0.15) is 0 Å². The highest BCUT2D eigenvalue weighted by atomic mass is 79.9. The maximum absolute atomic E-state index is 11.7. The van der Waals surface area contributed by atoms with Crippen molar-refractivity contribution in [3.05, 3.63) is 29.8 Å². The number of benzene rings is 1. The minimum Gasteiger partial charge on any atom is -0.316 e. The number of nitrogens with zero attached hydrogens (tertiary/aromatic N) is 1. The summed E-state index contributed by atoms with van der Waals surface area (Å²) in [5.74, 6) is 0.198. The lowest BCUT2D eigenvalue weighted by molar-refractivity contribution is -0.117. The Balaban J connectivity index is 2.20. The molecule has 0 saturated carbocycles. The van der Waals surface area contributed by atoms with Crippen LogP contribution < -0.4 is 10.2 Å². The Morgan fingerprint density at radius 3 is 3.00 bits per heavy atom. The predicted octanol–water partition coefficient (Wildman–Crippen LogP) is 1.91. The van der Waals surface area contributed by atoms with Gasteiger partial charge in [0.1, 0.15) is 0 Å². The van der Waals surface area contributed by atoms with E-state index in [-0.39, 0.29) is 10.7 Å². The lowest BCUT2D eigenvalue weighted by Gasteiger charge is -2.16. The molecule has 1 aliphatic rings. The Kier molecular flexibility index (Phi) is 3.61. The highest BCUT2D eigenvalue weighted by Crippen LogP contribution is 2.25. The molecule has 1 aromatic rings. The number of amides is 1. The van der Waals surface area contributed by atoms with Gasteiger partial charge in [-0.1, -0.05) is 28.1 Å². The van der Waals surface area contributed by atoms with Crippen LogP contribution in [0.5, 0.6) is 0 Å². The number of nitrogens with one attached hydrogen (secondary N) is 1. The Hall–Kier alpha value is -0.870. The summed E-state index contributed by atoms with van der Waals surface area (Å²) in [7, 11) is 1.92. The van der Waals surface area contributed by atoms with Gasteiger partial charge < -0.3 is 10.2 Å². The second kappa shape index (κ2) is 4.97. The second-order valence-corrected chi connectivity index (χ2v) is 5.30. The van der Waals surface area contributed by atoms with Gasteiger partial charge in [-0.05, 0) is 24.7 Å². The average molecular weight is 283 g/mol. The summed E-state index contributed by atoms with van der Waals surface area (Å²) in [6, 6.07) is 8.12. The molecule has 4 heteroatoms. The summed E-state index contributed by atoms with van der Waals surface area (Å²) in [6.07, 6.45) is 0.594. The molecule has 1 amide bonds. The predicted molar refractivity (Wildman–Crippen MR) is 68.9 cm³/mol. The molecule has 1 aliphatic heterocycles. The third-order valence-electron chi connectivity index (χ3n) is 2.68. The van der Waals surface area contributed by atoms with E-state index in [1.807, 2.05) is 24.1 Å². The van der Waals surface area contributed by atoms with Crippen LogP contribution in [-0.2, 0) is 11.3 Å². The number of alkyl halides is 1. The molecule has 0 aliphatic carbocycles. The first-order chi connectivity index (χ1) is 7.70. The van der Waals surface area contributed by atoms with Gasteiger partial charge in [0.2, 0.25) is 5.91 Å². The Morgan fingerprint density at radius 1 is 1.56 bits per heavy atom. The summed E-state index contributed by atoms with van der Waals surface area (Å²) in [6.45, 7) is 1.59. The van der Waals surface area contributed by atoms with Crippen LogP contribution in [0.4, 0.5) is 5.69 Å². The molecule has 1 heterocycles. The average Bonchev–Trinajstić information content (AvgIpc) is 2.59. The number of carbonyl (C=O) groups excluding carboxylic acids is 1. The fourth-order valence-electron chi connectivity index (χ4n) is 1.95. The van der Waals surface area contributed by atoms with Crippen molar-refractivity contribution in [1.82, 2.24) is 5.32 Å². The summed E-state index contributed by atoms with van der Waals surface area (Å²) in [5.41, 5.74) is 2.20. The van der Waals surface area contributed by atoms with Crippen molar-refractivity contribution in [2.45, 2.75) is 17.8 Å². The number of carbonyl (C=O) groups is 1. The van der Waals surface area contributed by atoms with Crippen LogP contribution >= 0.6 is 15.9 Å². The molecular weight excluding hydrogens is 268 g/mol. The van der Waals surface area contributed by atoms with E-state index in [1.54, 1.807) is 0 Å². The van der Waals surface area contributed by atoms with E-state index < -0.39 is 0 Å². The lowest BCUT2D eigenvalue weighted by atomic mass is 10.2. The van der Waals surface area contributed by atoms with Crippen molar-refractivity contribution < 1.29 is 4.79 Å². The van der Waals surface area contributed by atoms with E-state index in [1.165, 1.54) is 5.56 Å². The third kappa shape index (κ3) is 2.44. The minimum atomic E-state index is 0.198. The van der Waals surface area contributed by atoms with Crippen molar-refractivity contribution in [3.8, 4) is 0 Å². The number of rotatable bonds is 3. The zero-order valence-electron chi connectivity index (χ0n) is 9.24. The van der Waals surface area contributed by atoms with E-state index in [2.05, 4.69) is 33.4 Å². The fourth-order valence-corrected chi connectivity index (χ4v) is 2.52. The Morgan fingerprint density at radius 2 is 2.38 bits per heavy atom. The van der Waals surface area contributed by atoms with E-state index in [0.29, 0.717) is 6.42 Å². The van der Waals surface area contributed by atoms with E-state index in [9.17, 15) is 4.79 Å². The molecule has 1 unspecified atom stereocenters. The summed E-state index contributed by atoms with van der Waals surface area (Å²) in [4.78, 5) is 13.9. The van der Waals surface area contributed by atoms with Crippen LogP contribution in [0.2, 0.25) is 0 Å². The van der Waals surface area contributed by atoms with Crippen LogP contribution in [0.1, 0.15) is 12.0 Å². The van der Waals surface area contributed by atoms with Gasteiger partial charge in [-0.15, -0.1) is 0 Å². The Labute approximate surface area is 104 Å². The molecule has 1 saturated heterocycles. The first kappa shape index (κ1) is 11.6. The molecule has 1 aromatic carbocycles. The quantitative estimate of drug-likeness (QED) is 0.859. The smallest absolute Gasteiger partial charge is 0.228 e. The minimum absolute atomic E-state index is 0.198. The molecule has 86 valence electrons. The van der Waals surface area contributed by atoms with Gasteiger partial charge in [0.25, 0.3) is 0 Å². The number of halogens is 1. The number of anilines is 1. The molecule has 0 bridgehead atoms. The van der Waals surface area contributed by atoms with Crippen molar-refractivity contribution in [1.29, 1.82) is 0 Å². The zero-order chi connectivity index (χ0) is 11.5. The molecule has 1 atom stereocenters. The van der Waals surface area contributed by atoms with Gasteiger partial charge in [0.05, 0.1) is 0 Å². The maximum Gasteiger partial charge on any atom is 0.228 e. The topological polar surface area (TPSA) is 32.3 Å². The molecule has 1 N–H and O–H groups in total. The largest absolute Gasteiger partial charge is 0.316 e. The summed E-state index contributed by atoms with van der Waals surface area (Å²) < 4.78 is 0. The van der Waals surface area contributed by atoms with Crippen LogP contribution in [-0.4, -0.2) is 24.3 Å². The van der Waals surface area contributed by atoms with Crippen LogP contribution in [0.25, 0.3) is 0 Å². The number of hydrogen-bond acceptors (Lipinski definition) is 2. The number of hydrogen-bond donors (Lipinski definition) is 1. The molecule has 0 spiro atoms. The highest BCUT2D eigenvalue weighted by molar-refractivity contribution is 9.09. The normalized spacial score (nSPS) is 20.5. The van der Waals surface area contributed by atoms with Crippen molar-refractivity contribution in [3.63, 3.8) is 0 Å². The maximum atomic E-state index is 11.7. The monoisotopic (exact) mass is 282 g/mol. The Bertz CT molecular complexity index is 394. The molecular formula is C12H15BrN2O. The van der Waals surface area contributed by atoms with Gasteiger partial charge in [-0.3, -0.25) is 4.79 Å². The molecule has 2 rings (SSSR count). The van der Waals surface area contributed by atoms with E-state index in [0.717, 1.165) is 18.8 Å². The van der Waals surface area contributed by atoms with Crippen LogP contribution in [0.3, 0.4) is 0 Å². The van der Waals surface area contributed by atoms with E-state index in [4.69, 9.17) is 0 Å². The van der Waals surface area contributed by atoms with Gasteiger partial charge in [0, 0.05) is 30.0 Å². The molecule has 3 nitrogen and oxygen atoms in total. The van der Waals surface area contributed by atoms with Crippen molar-refractivity contribution in [2.24, 2.45) is 0 Å². The SMILES string of the molecule is CNCc1cccc(N2CC(Br)CC2=O)c1. The van der Waals surface area contributed by atoms with Gasteiger partial charge in [0.15, 0.2) is 0 Å². The molecule has 0 radical (unpaired) electrons. The second-order valence-electron chi connectivity index (χ2n) is 4.01. The van der Waals surface area contributed by atoms with Crippen LogP contribution in [0, 0.1) is 0 Å². The van der Waals surface area contributed by atoms with E-state index >= 15 is 0 Å². The van der Waals surface area contributed by atoms with Gasteiger partial charge in [-0.25, -0.2) is 0 Å². The van der Waals surface area contributed by atoms with Crippen molar-refractivity contribution >= 4 is 27.5 Å². The summed E-state index contributed by atoms with van der Waals surface area (Å²) >= 11 is 3.49. The first-order valence-corrected chi connectivity index (χ1v) is 6.30. The lowest BCUT2D eigenvalue weighted by Crippen LogP contribution is -2.24. The third-order valence-corrected chi connectivity index (χ3v) is 3.29. The fraction of sp³-hybridized carbons (Fsp3) is 0.417. The zero-order valence-corrected chi connectivity index (χ0v) is 10.8. The first-order valence-electron chi connectivity index (χ1n) is 5.38. The standard InChI is InChI=1S/C12H15BrN2O/c1-14-7-9-3-2-4-11(5-9)15-8-10(13)6-12(15)16/h2-5,10,14H,6-8H2,1H3. The summed E-state index contributed by atoms with van der Waals surface area (Å²) in [5, 5.41) is 3.11.